The molecular weight excluding hydrogens is 164 g/mol. The standard InChI is InChI=1S/C9H14N4/c1-4-8-7(11)5-13(12-8)9(2,3)6-10/h5H,4,11H2,1-3H3. The Kier molecular flexibility index (Phi) is 2.28. The van der Waals surface area contributed by atoms with Crippen molar-refractivity contribution >= 4 is 5.69 Å². The highest BCUT2D eigenvalue weighted by molar-refractivity contribution is 5.41. The van der Waals surface area contributed by atoms with E-state index in [1.807, 2.05) is 6.92 Å². The summed E-state index contributed by atoms with van der Waals surface area (Å²) < 4.78 is 1.61. The van der Waals surface area contributed by atoms with Gasteiger partial charge in [-0.15, -0.1) is 0 Å². The molecule has 1 rings (SSSR count). The highest BCUT2D eigenvalue weighted by Gasteiger charge is 2.21. The van der Waals surface area contributed by atoms with Crippen molar-refractivity contribution in [3.8, 4) is 6.07 Å². The highest BCUT2D eigenvalue weighted by atomic mass is 15.3. The molecule has 0 bridgehead atoms. The first-order valence-corrected chi connectivity index (χ1v) is 4.27. The molecule has 0 aliphatic heterocycles. The van der Waals surface area contributed by atoms with Gasteiger partial charge in [-0.25, -0.2) is 0 Å². The molecule has 0 saturated heterocycles. The Labute approximate surface area is 78.0 Å². The predicted molar refractivity (Wildman–Crippen MR) is 51.0 cm³/mol. The summed E-state index contributed by atoms with van der Waals surface area (Å²) in [6.07, 6.45) is 2.50. The first kappa shape index (κ1) is 9.59. The fraction of sp³-hybridized carbons (Fsp3) is 0.556. The predicted octanol–water partition coefficient (Wildman–Crippen LogP) is 1.29. The number of nitrogen functional groups attached to an aromatic ring is 1. The smallest absolute Gasteiger partial charge is 0.143 e. The topological polar surface area (TPSA) is 67.6 Å². The Hall–Kier alpha value is -1.50. The third-order valence-electron chi connectivity index (χ3n) is 2.00. The van der Waals surface area contributed by atoms with Gasteiger partial charge in [-0.2, -0.15) is 10.4 Å². The van der Waals surface area contributed by atoms with E-state index in [0.717, 1.165) is 12.1 Å². The van der Waals surface area contributed by atoms with Crippen LogP contribution in [0.25, 0.3) is 0 Å². The Bertz CT molecular complexity index is 343. The van der Waals surface area contributed by atoms with E-state index in [1.54, 1.807) is 24.7 Å². The number of aryl methyl sites for hydroxylation is 1. The van der Waals surface area contributed by atoms with Crippen LogP contribution in [0.15, 0.2) is 6.20 Å². The van der Waals surface area contributed by atoms with Crippen molar-refractivity contribution in [3.05, 3.63) is 11.9 Å². The Morgan fingerprint density at radius 2 is 2.31 bits per heavy atom. The molecule has 2 N–H and O–H groups in total. The normalized spacial score (nSPS) is 11.2. The van der Waals surface area contributed by atoms with E-state index < -0.39 is 5.54 Å². The zero-order valence-electron chi connectivity index (χ0n) is 8.20. The molecule has 0 aliphatic carbocycles. The molecule has 4 nitrogen and oxygen atoms in total. The maximum absolute atomic E-state index is 8.87. The average molecular weight is 178 g/mol. The van der Waals surface area contributed by atoms with Crippen LogP contribution in [0.4, 0.5) is 5.69 Å². The second-order valence-corrected chi connectivity index (χ2v) is 3.50. The Morgan fingerprint density at radius 1 is 1.69 bits per heavy atom. The van der Waals surface area contributed by atoms with Gasteiger partial charge in [0, 0.05) is 0 Å². The number of hydrogen-bond donors (Lipinski definition) is 1. The number of rotatable bonds is 2. The van der Waals surface area contributed by atoms with E-state index in [9.17, 15) is 0 Å². The number of nitrogens with two attached hydrogens (primary N) is 1. The highest BCUT2D eigenvalue weighted by Crippen LogP contribution is 2.17. The summed E-state index contributed by atoms with van der Waals surface area (Å²) in [6.45, 7) is 5.60. The second kappa shape index (κ2) is 3.09. The maximum Gasteiger partial charge on any atom is 0.143 e. The van der Waals surface area contributed by atoms with Crippen LogP contribution in [0.1, 0.15) is 26.5 Å². The largest absolute Gasteiger partial charge is 0.396 e. The lowest BCUT2D eigenvalue weighted by atomic mass is 10.1. The monoisotopic (exact) mass is 178 g/mol. The van der Waals surface area contributed by atoms with Crippen LogP contribution in [0.2, 0.25) is 0 Å². The minimum absolute atomic E-state index is 0.623. The molecule has 0 unspecified atom stereocenters. The number of nitriles is 1. The molecule has 1 aromatic heterocycles. The summed E-state index contributed by atoms with van der Waals surface area (Å²) in [6, 6.07) is 2.17. The van der Waals surface area contributed by atoms with E-state index >= 15 is 0 Å². The van der Waals surface area contributed by atoms with E-state index in [2.05, 4.69) is 11.2 Å². The van der Waals surface area contributed by atoms with Crippen LogP contribution in [0, 0.1) is 11.3 Å². The molecule has 0 spiro atoms. The average Bonchev–Trinajstić information content (AvgIpc) is 2.47. The molecule has 4 heteroatoms. The lowest BCUT2D eigenvalue weighted by molar-refractivity contribution is 0.415. The van der Waals surface area contributed by atoms with Crippen molar-refractivity contribution in [1.82, 2.24) is 9.78 Å². The zero-order valence-corrected chi connectivity index (χ0v) is 8.20. The van der Waals surface area contributed by atoms with Gasteiger partial charge in [-0.1, -0.05) is 6.92 Å². The molecule has 70 valence electrons. The molecule has 1 heterocycles. The minimum atomic E-state index is -0.623. The fourth-order valence-corrected chi connectivity index (χ4v) is 1.04. The summed E-state index contributed by atoms with van der Waals surface area (Å²) in [5, 5.41) is 13.1. The third-order valence-corrected chi connectivity index (χ3v) is 2.00. The van der Waals surface area contributed by atoms with Gasteiger partial charge in [-0.3, -0.25) is 4.68 Å². The molecule has 0 amide bonds. The van der Waals surface area contributed by atoms with Gasteiger partial charge in [0.15, 0.2) is 0 Å². The summed E-state index contributed by atoms with van der Waals surface area (Å²) in [4.78, 5) is 0. The lowest BCUT2D eigenvalue weighted by Gasteiger charge is -2.15. The van der Waals surface area contributed by atoms with Crippen LogP contribution in [0.3, 0.4) is 0 Å². The molecule has 0 saturated carbocycles. The number of anilines is 1. The van der Waals surface area contributed by atoms with Crippen molar-refractivity contribution in [2.45, 2.75) is 32.7 Å². The molecule has 13 heavy (non-hydrogen) atoms. The molecule has 0 aliphatic rings. The van der Waals surface area contributed by atoms with Gasteiger partial charge in [0.05, 0.1) is 23.6 Å². The molecule has 0 radical (unpaired) electrons. The lowest BCUT2D eigenvalue weighted by Crippen LogP contribution is -2.24. The third kappa shape index (κ3) is 1.64. The quantitative estimate of drug-likeness (QED) is 0.741. The van der Waals surface area contributed by atoms with Crippen molar-refractivity contribution < 1.29 is 0 Å². The Morgan fingerprint density at radius 3 is 2.69 bits per heavy atom. The number of aromatic nitrogens is 2. The van der Waals surface area contributed by atoms with Gasteiger partial charge >= 0.3 is 0 Å². The van der Waals surface area contributed by atoms with Crippen LogP contribution < -0.4 is 5.73 Å². The first-order valence-electron chi connectivity index (χ1n) is 4.27. The molecule has 0 fully saturated rings. The maximum atomic E-state index is 8.87. The van der Waals surface area contributed by atoms with E-state index in [1.165, 1.54) is 0 Å². The van der Waals surface area contributed by atoms with E-state index in [4.69, 9.17) is 11.0 Å². The van der Waals surface area contributed by atoms with Gasteiger partial charge < -0.3 is 5.73 Å². The Balaban J connectivity index is 3.12. The summed E-state index contributed by atoms with van der Waals surface area (Å²) in [7, 11) is 0. The second-order valence-electron chi connectivity index (χ2n) is 3.50. The first-order chi connectivity index (χ1) is 6.01. The zero-order chi connectivity index (χ0) is 10.1. The number of nitrogens with zero attached hydrogens (tertiary/aromatic N) is 3. The summed E-state index contributed by atoms with van der Waals surface area (Å²) in [5.41, 5.74) is 6.60. The molecule has 0 aromatic carbocycles. The molecular formula is C9H14N4. The van der Waals surface area contributed by atoms with Gasteiger partial charge in [-0.05, 0) is 20.3 Å². The molecule has 1 aromatic rings. The van der Waals surface area contributed by atoms with Crippen LogP contribution in [-0.2, 0) is 12.0 Å². The van der Waals surface area contributed by atoms with Crippen molar-refractivity contribution in [2.75, 3.05) is 5.73 Å². The van der Waals surface area contributed by atoms with E-state index in [0.29, 0.717) is 5.69 Å². The van der Waals surface area contributed by atoms with E-state index in [-0.39, 0.29) is 0 Å². The number of hydrogen-bond acceptors (Lipinski definition) is 3. The van der Waals surface area contributed by atoms with Crippen LogP contribution in [-0.4, -0.2) is 9.78 Å². The van der Waals surface area contributed by atoms with Crippen molar-refractivity contribution in [2.24, 2.45) is 0 Å². The van der Waals surface area contributed by atoms with Crippen LogP contribution in [0.5, 0.6) is 0 Å². The summed E-state index contributed by atoms with van der Waals surface area (Å²) in [5.74, 6) is 0. The van der Waals surface area contributed by atoms with Gasteiger partial charge in [0.25, 0.3) is 0 Å². The fourth-order valence-electron chi connectivity index (χ4n) is 1.04. The summed E-state index contributed by atoms with van der Waals surface area (Å²) >= 11 is 0. The minimum Gasteiger partial charge on any atom is -0.396 e. The van der Waals surface area contributed by atoms with Crippen molar-refractivity contribution in [1.29, 1.82) is 5.26 Å². The molecule has 0 atom stereocenters. The van der Waals surface area contributed by atoms with Gasteiger partial charge in [0.1, 0.15) is 5.54 Å². The van der Waals surface area contributed by atoms with Gasteiger partial charge in [0.2, 0.25) is 0 Å². The van der Waals surface area contributed by atoms with Crippen LogP contribution >= 0.6 is 0 Å². The van der Waals surface area contributed by atoms with Crippen molar-refractivity contribution in [3.63, 3.8) is 0 Å². The SMILES string of the molecule is CCc1nn(C(C)(C)C#N)cc1N.